The van der Waals surface area contributed by atoms with Gasteiger partial charge in [-0.15, -0.1) is 0 Å². The van der Waals surface area contributed by atoms with E-state index in [0.717, 1.165) is 37.8 Å². The zero-order valence-corrected chi connectivity index (χ0v) is 10.7. The van der Waals surface area contributed by atoms with Crippen molar-refractivity contribution in [1.29, 1.82) is 0 Å². The lowest BCUT2D eigenvalue weighted by molar-refractivity contribution is -0.137. The Morgan fingerprint density at radius 2 is 1.89 bits per heavy atom. The van der Waals surface area contributed by atoms with E-state index in [9.17, 15) is 13.6 Å². The van der Waals surface area contributed by atoms with E-state index < -0.39 is 17.6 Å². The maximum atomic E-state index is 13.3. The molecule has 0 heterocycles. The number of halogens is 2. The fourth-order valence-corrected chi connectivity index (χ4v) is 3.02. The molecular weight excluding hydrogens is 250 g/mol. The molecule has 0 saturated heterocycles. The van der Waals surface area contributed by atoms with Crippen molar-refractivity contribution in [3.8, 4) is 0 Å². The van der Waals surface area contributed by atoms with Crippen LogP contribution in [0.3, 0.4) is 0 Å². The predicted octanol–water partition coefficient (Wildman–Crippen LogP) is 4.10. The fraction of sp³-hybridized carbons (Fsp3) is 0.533. The summed E-state index contributed by atoms with van der Waals surface area (Å²) in [6, 6.07) is 3.75. The molecule has 1 fully saturated rings. The lowest BCUT2D eigenvalue weighted by atomic mass is 9.75. The van der Waals surface area contributed by atoms with Gasteiger partial charge in [-0.25, -0.2) is 8.78 Å². The molecule has 104 valence electrons. The molecule has 0 spiro atoms. The third kappa shape index (κ3) is 3.52. The second-order valence-electron chi connectivity index (χ2n) is 5.28. The van der Waals surface area contributed by atoms with Crippen molar-refractivity contribution in [3.05, 3.63) is 35.4 Å². The first-order valence-corrected chi connectivity index (χ1v) is 6.74. The van der Waals surface area contributed by atoms with Gasteiger partial charge in [0.1, 0.15) is 0 Å². The topological polar surface area (TPSA) is 37.3 Å². The zero-order valence-electron chi connectivity index (χ0n) is 10.7. The molecule has 1 aromatic carbocycles. The summed E-state index contributed by atoms with van der Waals surface area (Å²) in [6.45, 7) is 0. The molecule has 4 heteroatoms. The molecule has 0 aliphatic heterocycles. The van der Waals surface area contributed by atoms with Gasteiger partial charge in [0.2, 0.25) is 0 Å². The third-order valence-electron chi connectivity index (χ3n) is 3.99. The molecule has 1 aromatic rings. The van der Waals surface area contributed by atoms with Crippen molar-refractivity contribution in [3.63, 3.8) is 0 Å². The molecule has 0 amide bonds. The Bertz CT molecular complexity index is 453. The van der Waals surface area contributed by atoms with Crippen molar-refractivity contribution in [2.24, 2.45) is 5.92 Å². The van der Waals surface area contributed by atoms with Crippen LogP contribution in [0.1, 0.15) is 50.0 Å². The molecule has 2 rings (SSSR count). The predicted molar refractivity (Wildman–Crippen MR) is 67.9 cm³/mol. The highest BCUT2D eigenvalue weighted by atomic mass is 19.2. The number of benzene rings is 1. The lowest BCUT2D eigenvalue weighted by Crippen LogP contribution is -2.19. The summed E-state index contributed by atoms with van der Waals surface area (Å²) in [4.78, 5) is 11.0. The van der Waals surface area contributed by atoms with Crippen LogP contribution in [0, 0.1) is 17.6 Å². The number of rotatable bonds is 4. The number of hydrogen-bond acceptors (Lipinski definition) is 1. The van der Waals surface area contributed by atoms with Crippen LogP contribution in [0.5, 0.6) is 0 Å². The van der Waals surface area contributed by atoms with E-state index in [4.69, 9.17) is 5.11 Å². The van der Waals surface area contributed by atoms with Gasteiger partial charge in [0.05, 0.1) is 6.42 Å². The van der Waals surface area contributed by atoms with E-state index in [1.807, 2.05) is 0 Å². The SMILES string of the molecule is O=C(O)CC(c1ccc(F)c(F)c1)C1CCCCC1. The molecule has 1 unspecified atom stereocenters. The Kier molecular flexibility index (Phi) is 4.51. The summed E-state index contributed by atoms with van der Waals surface area (Å²) in [5.74, 6) is -2.63. The normalized spacial score (nSPS) is 18.2. The molecule has 19 heavy (non-hydrogen) atoms. The van der Waals surface area contributed by atoms with Gasteiger partial charge in [-0.05, 0) is 42.4 Å². The Hall–Kier alpha value is -1.45. The van der Waals surface area contributed by atoms with Crippen molar-refractivity contribution >= 4 is 5.97 Å². The average Bonchev–Trinajstić information content (AvgIpc) is 2.40. The lowest BCUT2D eigenvalue weighted by Gasteiger charge is -2.29. The van der Waals surface area contributed by atoms with E-state index >= 15 is 0 Å². The van der Waals surface area contributed by atoms with Gasteiger partial charge >= 0.3 is 5.97 Å². The van der Waals surface area contributed by atoms with Gasteiger partial charge in [-0.2, -0.15) is 0 Å². The summed E-state index contributed by atoms with van der Waals surface area (Å²) >= 11 is 0. The monoisotopic (exact) mass is 268 g/mol. The number of aliphatic carboxylic acids is 1. The second kappa shape index (κ2) is 6.13. The molecule has 1 aliphatic rings. The molecular formula is C15H18F2O2. The highest BCUT2D eigenvalue weighted by molar-refractivity contribution is 5.68. The summed E-state index contributed by atoms with van der Waals surface area (Å²) in [7, 11) is 0. The van der Waals surface area contributed by atoms with Crippen LogP contribution in [0.2, 0.25) is 0 Å². The fourth-order valence-electron chi connectivity index (χ4n) is 3.02. The van der Waals surface area contributed by atoms with E-state index in [0.29, 0.717) is 5.56 Å². The smallest absolute Gasteiger partial charge is 0.303 e. The van der Waals surface area contributed by atoms with Crippen LogP contribution < -0.4 is 0 Å². The van der Waals surface area contributed by atoms with Crippen molar-refractivity contribution in [2.75, 3.05) is 0 Å². The highest BCUT2D eigenvalue weighted by Crippen LogP contribution is 2.38. The molecule has 0 aromatic heterocycles. The first-order chi connectivity index (χ1) is 9.08. The minimum Gasteiger partial charge on any atom is -0.481 e. The van der Waals surface area contributed by atoms with Gasteiger partial charge < -0.3 is 5.11 Å². The van der Waals surface area contributed by atoms with Gasteiger partial charge in [-0.1, -0.05) is 25.3 Å². The van der Waals surface area contributed by atoms with Gasteiger partial charge in [0, 0.05) is 0 Å². The maximum Gasteiger partial charge on any atom is 0.303 e. The highest BCUT2D eigenvalue weighted by Gasteiger charge is 2.27. The largest absolute Gasteiger partial charge is 0.481 e. The van der Waals surface area contributed by atoms with Crippen LogP contribution >= 0.6 is 0 Å². The maximum absolute atomic E-state index is 13.3. The van der Waals surface area contributed by atoms with Gasteiger partial charge in [0.15, 0.2) is 11.6 Å². The minimum atomic E-state index is -0.899. The molecule has 2 nitrogen and oxygen atoms in total. The Morgan fingerprint density at radius 1 is 1.21 bits per heavy atom. The summed E-state index contributed by atoms with van der Waals surface area (Å²) in [5.41, 5.74) is 0.605. The molecule has 1 N–H and O–H groups in total. The van der Waals surface area contributed by atoms with Crippen molar-refractivity contribution < 1.29 is 18.7 Å². The minimum absolute atomic E-state index is 0.0181. The van der Waals surface area contributed by atoms with Crippen LogP contribution in [-0.2, 0) is 4.79 Å². The zero-order chi connectivity index (χ0) is 13.8. The first kappa shape index (κ1) is 14.0. The molecule has 1 aliphatic carbocycles. The Balaban J connectivity index is 2.24. The van der Waals surface area contributed by atoms with Crippen LogP contribution in [-0.4, -0.2) is 11.1 Å². The van der Waals surface area contributed by atoms with Gasteiger partial charge in [-0.3, -0.25) is 4.79 Å². The summed E-state index contributed by atoms with van der Waals surface area (Å²) in [5, 5.41) is 9.03. The van der Waals surface area contributed by atoms with Crippen molar-refractivity contribution in [2.45, 2.75) is 44.4 Å². The number of carboxylic acid groups (broad SMARTS) is 1. The first-order valence-electron chi connectivity index (χ1n) is 6.74. The van der Waals surface area contributed by atoms with E-state index in [-0.39, 0.29) is 18.3 Å². The standard InChI is InChI=1S/C15H18F2O2/c16-13-7-6-11(8-14(13)17)12(9-15(18)19)10-4-2-1-3-5-10/h6-8,10,12H,1-5,9H2,(H,18,19). The van der Waals surface area contributed by atoms with Crippen LogP contribution in [0.15, 0.2) is 18.2 Å². The number of hydrogen-bond donors (Lipinski definition) is 1. The van der Waals surface area contributed by atoms with Crippen LogP contribution in [0.4, 0.5) is 8.78 Å². The second-order valence-corrected chi connectivity index (χ2v) is 5.28. The molecule has 0 radical (unpaired) electrons. The Labute approximate surface area is 111 Å². The number of carbonyl (C=O) groups is 1. The summed E-state index contributed by atoms with van der Waals surface area (Å²) in [6.07, 6.45) is 5.27. The van der Waals surface area contributed by atoms with E-state index in [2.05, 4.69) is 0 Å². The molecule has 1 saturated carbocycles. The summed E-state index contributed by atoms with van der Waals surface area (Å²) < 4.78 is 26.3. The molecule has 0 bridgehead atoms. The van der Waals surface area contributed by atoms with Crippen LogP contribution in [0.25, 0.3) is 0 Å². The third-order valence-corrected chi connectivity index (χ3v) is 3.99. The number of carboxylic acids is 1. The quantitative estimate of drug-likeness (QED) is 0.892. The van der Waals surface area contributed by atoms with Gasteiger partial charge in [0.25, 0.3) is 0 Å². The Morgan fingerprint density at radius 3 is 2.47 bits per heavy atom. The molecule has 1 atom stereocenters. The van der Waals surface area contributed by atoms with E-state index in [1.165, 1.54) is 12.5 Å². The average molecular weight is 268 g/mol. The van der Waals surface area contributed by atoms with E-state index in [1.54, 1.807) is 0 Å². The van der Waals surface area contributed by atoms with Crippen molar-refractivity contribution in [1.82, 2.24) is 0 Å².